The Balaban J connectivity index is 2.29. The first-order chi connectivity index (χ1) is 7.22. The zero-order chi connectivity index (χ0) is 11.1. The molecule has 0 spiro atoms. The van der Waals surface area contributed by atoms with E-state index in [2.05, 4.69) is 5.32 Å². The van der Waals surface area contributed by atoms with Crippen molar-refractivity contribution in [2.24, 2.45) is 5.73 Å². The van der Waals surface area contributed by atoms with E-state index in [9.17, 15) is 4.79 Å². The number of nitrogens with one attached hydrogen (secondary N) is 1. The van der Waals surface area contributed by atoms with Crippen molar-refractivity contribution in [2.45, 2.75) is 19.6 Å². The molecule has 15 heavy (non-hydrogen) atoms. The van der Waals surface area contributed by atoms with Gasteiger partial charge in [-0.2, -0.15) is 0 Å². The Bertz CT molecular complexity index is 301. The molecule has 0 aliphatic carbocycles. The maximum atomic E-state index is 11.2. The lowest BCUT2D eigenvalue weighted by molar-refractivity contribution is 0.136. The number of rotatable bonds is 4. The minimum Gasteiger partial charge on any atom is -0.445 e. The van der Waals surface area contributed by atoms with Gasteiger partial charge in [-0.3, -0.25) is 0 Å². The first-order valence-corrected chi connectivity index (χ1v) is 4.89. The minimum atomic E-state index is -0.434. The highest BCUT2D eigenvalue weighted by Gasteiger charge is 2.05. The van der Waals surface area contributed by atoms with E-state index in [1.807, 2.05) is 37.3 Å². The predicted molar refractivity (Wildman–Crippen MR) is 58.3 cm³/mol. The summed E-state index contributed by atoms with van der Waals surface area (Å²) in [5.74, 6) is 0. The predicted octanol–water partition coefficient (Wildman–Crippen LogP) is 1.26. The van der Waals surface area contributed by atoms with E-state index >= 15 is 0 Å². The Morgan fingerprint density at radius 1 is 1.47 bits per heavy atom. The van der Waals surface area contributed by atoms with Crippen LogP contribution in [0.1, 0.15) is 12.5 Å². The molecule has 0 saturated carbocycles. The summed E-state index contributed by atoms with van der Waals surface area (Å²) in [5, 5.41) is 2.61. The molecular weight excluding hydrogens is 192 g/mol. The third kappa shape index (κ3) is 4.46. The molecule has 1 amide bonds. The Labute approximate surface area is 89.4 Å². The quantitative estimate of drug-likeness (QED) is 0.783. The molecule has 0 aliphatic rings. The molecule has 4 heteroatoms. The van der Waals surface area contributed by atoms with Crippen LogP contribution in [0.15, 0.2) is 30.3 Å². The molecule has 0 unspecified atom stereocenters. The molecule has 4 nitrogen and oxygen atoms in total. The zero-order valence-electron chi connectivity index (χ0n) is 8.77. The molecule has 1 rings (SSSR count). The smallest absolute Gasteiger partial charge is 0.407 e. The van der Waals surface area contributed by atoms with E-state index in [0.29, 0.717) is 6.54 Å². The van der Waals surface area contributed by atoms with Gasteiger partial charge in [-0.15, -0.1) is 0 Å². The SMILES string of the molecule is C[C@@H](CN)NC(=O)OCc1ccccc1. The highest BCUT2D eigenvalue weighted by atomic mass is 16.5. The molecule has 1 aromatic rings. The molecule has 3 N–H and O–H groups in total. The number of benzene rings is 1. The van der Waals surface area contributed by atoms with Gasteiger partial charge in [0.1, 0.15) is 6.61 Å². The molecule has 0 bridgehead atoms. The van der Waals surface area contributed by atoms with E-state index in [1.165, 1.54) is 0 Å². The van der Waals surface area contributed by atoms with Gasteiger partial charge in [-0.25, -0.2) is 4.79 Å². The summed E-state index contributed by atoms with van der Waals surface area (Å²) in [5.41, 5.74) is 6.32. The van der Waals surface area contributed by atoms with E-state index in [0.717, 1.165) is 5.56 Å². The van der Waals surface area contributed by atoms with Crippen LogP contribution >= 0.6 is 0 Å². The van der Waals surface area contributed by atoms with E-state index in [-0.39, 0.29) is 12.6 Å². The van der Waals surface area contributed by atoms with Gasteiger partial charge in [0.15, 0.2) is 0 Å². The molecule has 0 heterocycles. The maximum Gasteiger partial charge on any atom is 0.407 e. The zero-order valence-corrected chi connectivity index (χ0v) is 8.77. The van der Waals surface area contributed by atoms with Crippen LogP contribution in [-0.4, -0.2) is 18.7 Å². The number of alkyl carbamates (subject to hydrolysis) is 1. The molecule has 0 fully saturated rings. The van der Waals surface area contributed by atoms with Crippen molar-refractivity contribution in [3.63, 3.8) is 0 Å². The van der Waals surface area contributed by atoms with Crippen LogP contribution in [0.25, 0.3) is 0 Å². The lowest BCUT2D eigenvalue weighted by Crippen LogP contribution is -2.38. The van der Waals surface area contributed by atoms with E-state index in [1.54, 1.807) is 0 Å². The Morgan fingerprint density at radius 3 is 2.73 bits per heavy atom. The highest BCUT2D eigenvalue weighted by Crippen LogP contribution is 2.00. The summed E-state index contributed by atoms with van der Waals surface area (Å²) < 4.78 is 4.99. The molecule has 0 radical (unpaired) electrons. The number of hydrogen-bond acceptors (Lipinski definition) is 3. The normalized spacial score (nSPS) is 11.9. The molecule has 82 valence electrons. The lowest BCUT2D eigenvalue weighted by Gasteiger charge is -2.11. The van der Waals surface area contributed by atoms with Crippen molar-refractivity contribution < 1.29 is 9.53 Å². The van der Waals surface area contributed by atoms with Crippen molar-refractivity contribution in [1.29, 1.82) is 0 Å². The highest BCUT2D eigenvalue weighted by molar-refractivity contribution is 5.67. The van der Waals surface area contributed by atoms with Gasteiger partial charge in [-0.05, 0) is 12.5 Å². The Hall–Kier alpha value is -1.55. The van der Waals surface area contributed by atoms with Crippen molar-refractivity contribution in [3.8, 4) is 0 Å². The van der Waals surface area contributed by atoms with Gasteiger partial charge in [0.2, 0.25) is 0 Å². The molecule has 0 saturated heterocycles. The average Bonchev–Trinajstić information content (AvgIpc) is 2.27. The number of nitrogens with two attached hydrogens (primary N) is 1. The van der Waals surface area contributed by atoms with E-state index in [4.69, 9.17) is 10.5 Å². The van der Waals surface area contributed by atoms with Crippen molar-refractivity contribution in [3.05, 3.63) is 35.9 Å². The third-order valence-electron chi connectivity index (χ3n) is 1.93. The summed E-state index contributed by atoms with van der Waals surface area (Å²) in [7, 11) is 0. The lowest BCUT2D eigenvalue weighted by atomic mass is 10.2. The monoisotopic (exact) mass is 208 g/mol. The van der Waals surface area contributed by atoms with Crippen LogP contribution in [0.4, 0.5) is 4.79 Å². The van der Waals surface area contributed by atoms with Crippen molar-refractivity contribution in [1.82, 2.24) is 5.32 Å². The van der Waals surface area contributed by atoms with Gasteiger partial charge in [0.05, 0.1) is 0 Å². The number of hydrogen-bond donors (Lipinski definition) is 2. The number of carbonyl (C=O) groups is 1. The van der Waals surface area contributed by atoms with Gasteiger partial charge < -0.3 is 15.8 Å². The van der Waals surface area contributed by atoms with Gasteiger partial charge >= 0.3 is 6.09 Å². The topological polar surface area (TPSA) is 64.3 Å². The fourth-order valence-electron chi connectivity index (χ4n) is 1.02. The average molecular weight is 208 g/mol. The van der Waals surface area contributed by atoms with Crippen LogP contribution < -0.4 is 11.1 Å². The molecular formula is C11H16N2O2. The van der Waals surface area contributed by atoms with Crippen LogP contribution in [0.5, 0.6) is 0 Å². The molecule has 1 aromatic carbocycles. The van der Waals surface area contributed by atoms with Crippen molar-refractivity contribution >= 4 is 6.09 Å². The summed E-state index contributed by atoms with van der Waals surface area (Å²) in [4.78, 5) is 11.2. The minimum absolute atomic E-state index is 0.0618. The molecule has 0 aliphatic heterocycles. The van der Waals surface area contributed by atoms with Gasteiger partial charge in [0, 0.05) is 12.6 Å². The maximum absolute atomic E-state index is 11.2. The van der Waals surface area contributed by atoms with Crippen LogP contribution in [0.3, 0.4) is 0 Å². The largest absolute Gasteiger partial charge is 0.445 e. The fourth-order valence-corrected chi connectivity index (χ4v) is 1.02. The third-order valence-corrected chi connectivity index (χ3v) is 1.93. The van der Waals surface area contributed by atoms with Crippen LogP contribution in [0, 0.1) is 0 Å². The van der Waals surface area contributed by atoms with Crippen molar-refractivity contribution in [2.75, 3.05) is 6.54 Å². The second-order valence-electron chi connectivity index (χ2n) is 3.34. The van der Waals surface area contributed by atoms with Gasteiger partial charge in [0.25, 0.3) is 0 Å². The molecule has 1 atom stereocenters. The van der Waals surface area contributed by atoms with Crippen LogP contribution in [-0.2, 0) is 11.3 Å². The summed E-state index contributed by atoms with van der Waals surface area (Å²) >= 11 is 0. The second kappa shape index (κ2) is 6.03. The number of carbonyl (C=O) groups excluding carboxylic acids is 1. The Morgan fingerprint density at radius 2 is 2.13 bits per heavy atom. The van der Waals surface area contributed by atoms with Crippen LogP contribution in [0.2, 0.25) is 0 Å². The fraction of sp³-hybridized carbons (Fsp3) is 0.364. The Kier molecular flexibility index (Phi) is 4.63. The summed E-state index contributed by atoms with van der Waals surface area (Å²) in [6.07, 6.45) is -0.434. The first-order valence-electron chi connectivity index (χ1n) is 4.89. The second-order valence-corrected chi connectivity index (χ2v) is 3.34. The number of ether oxygens (including phenoxy) is 1. The summed E-state index contributed by atoms with van der Waals surface area (Å²) in [6, 6.07) is 9.46. The standard InChI is InChI=1S/C11H16N2O2/c1-9(7-12)13-11(14)15-8-10-5-3-2-4-6-10/h2-6,9H,7-8,12H2,1H3,(H,13,14)/t9-/m0/s1. The number of amides is 1. The molecule has 0 aromatic heterocycles. The van der Waals surface area contributed by atoms with E-state index < -0.39 is 6.09 Å². The first kappa shape index (κ1) is 11.5. The summed E-state index contributed by atoms with van der Waals surface area (Å²) in [6.45, 7) is 2.51. The van der Waals surface area contributed by atoms with Gasteiger partial charge in [-0.1, -0.05) is 30.3 Å².